The van der Waals surface area contributed by atoms with E-state index < -0.39 is 10.0 Å². The molecule has 2 fully saturated rings. The van der Waals surface area contributed by atoms with Crippen molar-refractivity contribution in [2.75, 3.05) is 31.8 Å². The summed E-state index contributed by atoms with van der Waals surface area (Å²) < 4.78 is 32.9. The quantitative estimate of drug-likeness (QED) is 0.837. The van der Waals surface area contributed by atoms with Crippen LogP contribution in [0.25, 0.3) is 0 Å². The molecule has 2 heterocycles. The van der Waals surface area contributed by atoms with Crippen LogP contribution in [-0.4, -0.2) is 63.1 Å². The molecule has 138 valence electrons. The number of ether oxygens (including phenoxy) is 1. The molecule has 1 aromatic rings. The summed E-state index contributed by atoms with van der Waals surface area (Å²) in [6, 6.07) is 6.31. The fraction of sp³-hybridized carbons (Fsp3) is 0.588. The average molecular weight is 385 g/mol. The Kier molecular flexibility index (Phi) is 6.04. The zero-order chi connectivity index (χ0) is 17.9. The predicted molar refractivity (Wildman–Crippen MR) is 98.4 cm³/mol. The van der Waals surface area contributed by atoms with Gasteiger partial charge in [0.15, 0.2) is 0 Å². The number of nitrogens with one attached hydrogen (secondary N) is 1. The lowest BCUT2D eigenvalue weighted by Crippen LogP contribution is -2.39. The lowest BCUT2D eigenvalue weighted by molar-refractivity contribution is 0.0723. The number of amides is 1. The maximum Gasteiger partial charge on any atom is 0.253 e. The molecule has 25 heavy (non-hydrogen) atoms. The van der Waals surface area contributed by atoms with Gasteiger partial charge in [0.25, 0.3) is 5.91 Å². The molecule has 1 amide bonds. The number of benzene rings is 1. The Labute approximate surface area is 153 Å². The Balaban J connectivity index is 1.74. The second-order valence-corrected chi connectivity index (χ2v) is 9.41. The third-order valence-corrected chi connectivity index (χ3v) is 7.27. The molecular weight excluding hydrogens is 360 g/mol. The number of hydrogen-bond donors (Lipinski definition) is 1. The highest BCUT2D eigenvalue weighted by Crippen LogP contribution is 2.23. The van der Waals surface area contributed by atoms with Crippen molar-refractivity contribution in [3.63, 3.8) is 0 Å². The van der Waals surface area contributed by atoms with Gasteiger partial charge in [-0.3, -0.25) is 4.79 Å². The maximum atomic E-state index is 12.8. The monoisotopic (exact) mass is 384 g/mol. The molecule has 1 atom stereocenters. The number of rotatable bonds is 5. The highest BCUT2D eigenvalue weighted by Gasteiger charge is 2.26. The van der Waals surface area contributed by atoms with Gasteiger partial charge in [-0.25, -0.2) is 13.1 Å². The Hall–Kier alpha value is -1.09. The molecular formula is C17H24N2O4S2. The first-order valence-electron chi connectivity index (χ1n) is 8.52. The molecule has 3 rings (SSSR count). The summed E-state index contributed by atoms with van der Waals surface area (Å²) in [5, 5.41) is 0. The molecule has 0 bridgehead atoms. The Morgan fingerprint density at radius 3 is 2.72 bits per heavy atom. The lowest BCUT2D eigenvalue weighted by atomic mass is 10.1. The van der Waals surface area contributed by atoms with Crippen molar-refractivity contribution >= 4 is 27.7 Å². The number of hydrogen-bond acceptors (Lipinski definition) is 5. The maximum absolute atomic E-state index is 12.8. The van der Waals surface area contributed by atoms with Gasteiger partial charge >= 0.3 is 0 Å². The van der Waals surface area contributed by atoms with Gasteiger partial charge in [0, 0.05) is 31.3 Å². The molecule has 1 aromatic carbocycles. The molecule has 2 saturated heterocycles. The molecule has 1 N–H and O–H groups in total. The van der Waals surface area contributed by atoms with Gasteiger partial charge in [-0.05, 0) is 49.0 Å². The van der Waals surface area contributed by atoms with Crippen LogP contribution in [0.1, 0.15) is 29.6 Å². The largest absolute Gasteiger partial charge is 0.380 e. The SMILES string of the molecule is CN(C(=O)c1cccc(S(=O)(=O)NC2CCOC2)c1)C1CCSCC1. The van der Waals surface area contributed by atoms with Gasteiger partial charge in [0.1, 0.15) is 0 Å². The van der Waals surface area contributed by atoms with Gasteiger partial charge in [-0.1, -0.05) is 6.07 Å². The third kappa shape index (κ3) is 4.55. The van der Waals surface area contributed by atoms with Crippen LogP contribution in [0, 0.1) is 0 Å². The summed E-state index contributed by atoms with van der Waals surface area (Å²) in [5.74, 6) is 1.99. The van der Waals surface area contributed by atoms with E-state index >= 15 is 0 Å². The van der Waals surface area contributed by atoms with E-state index in [9.17, 15) is 13.2 Å². The molecule has 0 aliphatic carbocycles. The van der Waals surface area contributed by atoms with Gasteiger partial charge < -0.3 is 9.64 Å². The predicted octanol–water partition coefficient (Wildman–Crippen LogP) is 1.72. The zero-order valence-corrected chi connectivity index (χ0v) is 15.9. The molecule has 6 nitrogen and oxygen atoms in total. The highest BCUT2D eigenvalue weighted by molar-refractivity contribution is 7.99. The van der Waals surface area contributed by atoms with Crippen LogP contribution in [0.4, 0.5) is 0 Å². The number of nitrogens with zero attached hydrogens (tertiary/aromatic N) is 1. The minimum absolute atomic E-state index is 0.123. The lowest BCUT2D eigenvalue weighted by Gasteiger charge is -2.31. The standard InChI is InChI=1S/C17H24N2O4S2/c1-19(15-6-9-24-10-7-15)17(20)13-3-2-4-16(11-13)25(21,22)18-14-5-8-23-12-14/h2-4,11,14-15,18H,5-10,12H2,1H3. The first-order chi connectivity index (χ1) is 12.0. The summed E-state index contributed by atoms with van der Waals surface area (Å²) in [6.45, 7) is 0.955. The van der Waals surface area contributed by atoms with E-state index in [1.807, 2.05) is 11.8 Å². The number of sulfonamides is 1. The molecule has 0 aromatic heterocycles. The van der Waals surface area contributed by atoms with Crippen LogP contribution in [0.2, 0.25) is 0 Å². The summed E-state index contributed by atoms with van der Waals surface area (Å²) in [7, 11) is -1.85. The molecule has 8 heteroatoms. The van der Waals surface area contributed by atoms with E-state index in [-0.39, 0.29) is 22.9 Å². The van der Waals surface area contributed by atoms with Crippen molar-refractivity contribution in [2.45, 2.75) is 36.2 Å². The van der Waals surface area contributed by atoms with E-state index in [1.165, 1.54) is 12.1 Å². The van der Waals surface area contributed by atoms with Crippen molar-refractivity contribution in [3.8, 4) is 0 Å². The topological polar surface area (TPSA) is 75.7 Å². The van der Waals surface area contributed by atoms with E-state index in [0.29, 0.717) is 25.2 Å². The van der Waals surface area contributed by atoms with Crippen LogP contribution >= 0.6 is 11.8 Å². The van der Waals surface area contributed by atoms with E-state index in [2.05, 4.69) is 4.72 Å². The van der Waals surface area contributed by atoms with Crippen LogP contribution in [0.5, 0.6) is 0 Å². The minimum atomic E-state index is -3.65. The summed E-state index contributed by atoms with van der Waals surface area (Å²) >= 11 is 1.91. The first-order valence-corrected chi connectivity index (χ1v) is 11.2. The van der Waals surface area contributed by atoms with E-state index in [1.54, 1.807) is 24.1 Å². The fourth-order valence-corrected chi connectivity index (χ4v) is 5.54. The molecule has 2 aliphatic heterocycles. The summed E-state index contributed by atoms with van der Waals surface area (Å²) in [5.41, 5.74) is 0.409. The van der Waals surface area contributed by atoms with Crippen molar-refractivity contribution < 1.29 is 17.9 Å². The van der Waals surface area contributed by atoms with Crippen LogP contribution in [-0.2, 0) is 14.8 Å². The Morgan fingerprint density at radius 2 is 2.04 bits per heavy atom. The molecule has 1 unspecified atom stereocenters. The van der Waals surface area contributed by atoms with Crippen LogP contribution in [0.15, 0.2) is 29.2 Å². The average Bonchev–Trinajstić information content (AvgIpc) is 3.13. The van der Waals surface area contributed by atoms with Crippen molar-refractivity contribution in [1.29, 1.82) is 0 Å². The molecule has 2 aliphatic rings. The van der Waals surface area contributed by atoms with Crippen molar-refractivity contribution in [3.05, 3.63) is 29.8 Å². The Morgan fingerprint density at radius 1 is 1.28 bits per heavy atom. The van der Waals surface area contributed by atoms with Gasteiger partial charge in [-0.15, -0.1) is 0 Å². The first kappa shape index (κ1) is 18.7. The van der Waals surface area contributed by atoms with Crippen LogP contribution in [0.3, 0.4) is 0 Å². The van der Waals surface area contributed by atoms with Gasteiger partial charge in [-0.2, -0.15) is 11.8 Å². The third-order valence-electron chi connectivity index (χ3n) is 4.70. The van der Waals surface area contributed by atoms with E-state index in [0.717, 1.165) is 24.3 Å². The minimum Gasteiger partial charge on any atom is -0.380 e. The molecule has 0 radical (unpaired) electrons. The van der Waals surface area contributed by atoms with Crippen LogP contribution < -0.4 is 4.72 Å². The van der Waals surface area contributed by atoms with Crippen molar-refractivity contribution in [1.82, 2.24) is 9.62 Å². The Bertz CT molecular complexity index is 711. The second kappa shape index (κ2) is 8.07. The zero-order valence-electron chi connectivity index (χ0n) is 14.3. The smallest absolute Gasteiger partial charge is 0.253 e. The number of thioether (sulfide) groups is 1. The normalized spacial score (nSPS) is 22.0. The highest BCUT2D eigenvalue weighted by atomic mass is 32.2. The molecule has 0 saturated carbocycles. The number of carbonyl (C=O) groups excluding carboxylic acids is 1. The summed E-state index contributed by atoms with van der Waals surface area (Å²) in [4.78, 5) is 14.6. The van der Waals surface area contributed by atoms with Gasteiger partial charge in [0.05, 0.1) is 11.5 Å². The summed E-state index contributed by atoms with van der Waals surface area (Å²) in [6.07, 6.45) is 2.63. The molecule has 0 spiro atoms. The van der Waals surface area contributed by atoms with Gasteiger partial charge in [0.2, 0.25) is 10.0 Å². The number of carbonyl (C=O) groups is 1. The van der Waals surface area contributed by atoms with E-state index in [4.69, 9.17) is 4.74 Å². The fourth-order valence-electron chi connectivity index (χ4n) is 3.15. The second-order valence-electron chi connectivity index (χ2n) is 6.47. The van der Waals surface area contributed by atoms with Crippen molar-refractivity contribution in [2.24, 2.45) is 0 Å².